The summed E-state index contributed by atoms with van der Waals surface area (Å²) in [5, 5.41) is 16.7. The van der Waals surface area contributed by atoms with Gasteiger partial charge in [0.25, 0.3) is 0 Å². The van der Waals surface area contributed by atoms with Crippen LogP contribution in [0.5, 0.6) is 0 Å². The van der Waals surface area contributed by atoms with Crippen molar-refractivity contribution in [2.24, 2.45) is 0 Å². The van der Waals surface area contributed by atoms with Crippen LogP contribution in [0, 0.1) is 0 Å². The number of nitrogens with zero attached hydrogens (tertiary/aromatic N) is 3. The maximum absolute atomic E-state index is 11.0. The minimum atomic E-state index is -0.960. The summed E-state index contributed by atoms with van der Waals surface area (Å²) in [6.07, 6.45) is 5.20. The molecule has 0 saturated heterocycles. The third kappa shape index (κ3) is 2.37. The molecule has 1 aromatic rings. The maximum atomic E-state index is 11.0. The molecule has 0 spiro atoms. The summed E-state index contributed by atoms with van der Waals surface area (Å²) in [6, 6.07) is 0. The highest BCUT2D eigenvalue weighted by atomic mass is 32.2. The molecule has 0 bridgehead atoms. The van der Waals surface area contributed by atoms with Crippen LogP contribution in [0.25, 0.3) is 0 Å². The Kier molecular flexibility index (Phi) is 3.48. The van der Waals surface area contributed by atoms with Crippen LogP contribution in [-0.4, -0.2) is 38.1 Å². The van der Waals surface area contributed by atoms with Gasteiger partial charge in [0.15, 0.2) is 5.69 Å². The lowest BCUT2D eigenvalue weighted by molar-refractivity contribution is 0.0689. The zero-order valence-electron chi connectivity index (χ0n) is 9.22. The Balaban J connectivity index is 2.14. The van der Waals surface area contributed by atoms with Gasteiger partial charge in [-0.3, -0.25) is 0 Å². The lowest BCUT2D eigenvalue weighted by atomic mass is 10.2. The quantitative estimate of drug-likeness (QED) is 0.766. The number of hydrogen-bond acceptors (Lipinski definition) is 4. The van der Waals surface area contributed by atoms with Gasteiger partial charge < -0.3 is 5.11 Å². The largest absolute Gasteiger partial charge is 0.476 e. The van der Waals surface area contributed by atoms with Gasteiger partial charge in [-0.25, -0.2) is 9.48 Å². The van der Waals surface area contributed by atoms with Gasteiger partial charge in [0.1, 0.15) is 0 Å². The van der Waals surface area contributed by atoms with E-state index in [1.807, 2.05) is 0 Å². The molecule has 1 aromatic heterocycles. The third-order valence-electron chi connectivity index (χ3n) is 2.66. The van der Waals surface area contributed by atoms with Crippen LogP contribution >= 0.6 is 11.8 Å². The fraction of sp³-hybridized carbons (Fsp3) is 0.700. The van der Waals surface area contributed by atoms with Crippen molar-refractivity contribution in [1.29, 1.82) is 0 Å². The van der Waals surface area contributed by atoms with E-state index < -0.39 is 5.97 Å². The number of aromatic carboxylic acids is 1. The number of thioether (sulfide) groups is 1. The van der Waals surface area contributed by atoms with Crippen molar-refractivity contribution in [2.75, 3.05) is 12.0 Å². The molecular weight excluding hydrogens is 226 g/mol. The van der Waals surface area contributed by atoms with Crippen LogP contribution in [0.3, 0.4) is 0 Å². The number of aryl methyl sites for hydroxylation is 1. The number of aromatic nitrogens is 3. The van der Waals surface area contributed by atoms with Crippen molar-refractivity contribution in [1.82, 2.24) is 15.0 Å². The SMILES string of the molecule is CSCCCn1nnc(C(=O)O)c1C1CC1. The minimum absolute atomic E-state index is 0.145. The van der Waals surface area contributed by atoms with Crippen molar-refractivity contribution in [3.63, 3.8) is 0 Å². The van der Waals surface area contributed by atoms with Crippen LogP contribution < -0.4 is 0 Å². The molecule has 1 heterocycles. The van der Waals surface area contributed by atoms with Crippen molar-refractivity contribution in [2.45, 2.75) is 31.7 Å². The van der Waals surface area contributed by atoms with E-state index in [1.54, 1.807) is 16.4 Å². The molecule has 0 atom stereocenters. The average Bonchev–Trinajstić information content (AvgIpc) is 3.00. The predicted octanol–water partition coefficient (Wildman–Crippen LogP) is 1.61. The number of rotatable bonds is 6. The van der Waals surface area contributed by atoms with Crippen molar-refractivity contribution < 1.29 is 9.90 Å². The summed E-state index contributed by atoms with van der Waals surface area (Å²) < 4.78 is 1.78. The first-order chi connectivity index (χ1) is 7.74. The summed E-state index contributed by atoms with van der Waals surface area (Å²) in [5.74, 6) is 0.472. The van der Waals surface area contributed by atoms with E-state index in [0.29, 0.717) is 5.92 Å². The first-order valence-electron chi connectivity index (χ1n) is 5.39. The molecule has 88 valence electrons. The zero-order chi connectivity index (χ0) is 11.5. The van der Waals surface area contributed by atoms with Gasteiger partial charge >= 0.3 is 5.97 Å². The monoisotopic (exact) mass is 241 g/mol. The summed E-state index contributed by atoms with van der Waals surface area (Å²) in [4.78, 5) is 11.0. The standard InChI is InChI=1S/C10H15N3O2S/c1-16-6-2-5-13-9(7-3-4-7)8(10(14)15)11-12-13/h7H,2-6H2,1H3,(H,14,15). The predicted molar refractivity (Wildman–Crippen MR) is 62.0 cm³/mol. The molecule has 1 fully saturated rings. The molecular formula is C10H15N3O2S. The Labute approximate surface area is 98.2 Å². The number of carbonyl (C=O) groups is 1. The topological polar surface area (TPSA) is 68.0 Å². The lowest BCUT2D eigenvalue weighted by Gasteiger charge is -2.04. The molecule has 0 aromatic carbocycles. The summed E-state index contributed by atoms with van der Waals surface area (Å²) in [7, 11) is 0. The van der Waals surface area contributed by atoms with Crippen molar-refractivity contribution >= 4 is 17.7 Å². The zero-order valence-corrected chi connectivity index (χ0v) is 10.0. The fourth-order valence-corrected chi connectivity index (χ4v) is 2.18. The highest BCUT2D eigenvalue weighted by molar-refractivity contribution is 7.98. The maximum Gasteiger partial charge on any atom is 0.358 e. The second-order valence-corrected chi connectivity index (χ2v) is 4.96. The van der Waals surface area contributed by atoms with Crippen LogP contribution in [0.2, 0.25) is 0 Å². The second kappa shape index (κ2) is 4.86. The molecule has 5 nitrogen and oxygen atoms in total. The Morgan fingerprint density at radius 2 is 2.38 bits per heavy atom. The average molecular weight is 241 g/mol. The van der Waals surface area contributed by atoms with Gasteiger partial charge in [-0.1, -0.05) is 5.21 Å². The smallest absolute Gasteiger partial charge is 0.358 e. The molecule has 1 saturated carbocycles. The van der Waals surface area contributed by atoms with E-state index in [2.05, 4.69) is 16.6 Å². The van der Waals surface area contributed by atoms with E-state index in [-0.39, 0.29) is 5.69 Å². The Morgan fingerprint density at radius 1 is 1.62 bits per heavy atom. The number of hydrogen-bond donors (Lipinski definition) is 1. The van der Waals surface area contributed by atoms with Crippen LogP contribution in [-0.2, 0) is 6.54 Å². The van der Waals surface area contributed by atoms with E-state index in [0.717, 1.165) is 37.3 Å². The first-order valence-corrected chi connectivity index (χ1v) is 6.79. The minimum Gasteiger partial charge on any atom is -0.476 e. The van der Waals surface area contributed by atoms with E-state index in [9.17, 15) is 4.79 Å². The summed E-state index contributed by atoms with van der Waals surface area (Å²) in [6.45, 7) is 0.771. The molecule has 0 unspecified atom stereocenters. The molecule has 1 N–H and O–H groups in total. The lowest BCUT2D eigenvalue weighted by Crippen LogP contribution is -2.08. The molecule has 2 rings (SSSR count). The molecule has 0 radical (unpaired) electrons. The highest BCUT2D eigenvalue weighted by Crippen LogP contribution is 2.41. The molecule has 16 heavy (non-hydrogen) atoms. The van der Waals surface area contributed by atoms with E-state index in [1.165, 1.54) is 0 Å². The number of carboxylic acids is 1. The van der Waals surface area contributed by atoms with Crippen LogP contribution in [0.4, 0.5) is 0 Å². The molecule has 6 heteroatoms. The number of carboxylic acid groups (broad SMARTS) is 1. The Morgan fingerprint density at radius 3 is 2.94 bits per heavy atom. The first kappa shape index (κ1) is 11.4. The van der Waals surface area contributed by atoms with E-state index >= 15 is 0 Å². The van der Waals surface area contributed by atoms with Gasteiger partial charge in [-0.15, -0.1) is 5.10 Å². The van der Waals surface area contributed by atoms with Crippen molar-refractivity contribution in [3.05, 3.63) is 11.4 Å². The van der Waals surface area contributed by atoms with Crippen molar-refractivity contribution in [3.8, 4) is 0 Å². The van der Waals surface area contributed by atoms with Gasteiger partial charge in [-0.2, -0.15) is 11.8 Å². The van der Waals surface area contributed by atoms with Gasteiger partial charge in [0.05, 0.1) is 5.69 Å². The fourth-order valence-electron chi connectivity index (χ4n) is 1.76. The van der Waals surface area contributed by atoms with Crippen LogP contribution in [0.1, 0.15) is 41.4 Å². The molecule has 0 aliphatic heterocycles. The van der Waals surface area contributed by atoms with E-state index in [4.69, 9.17) is 5.11 Å². The molecule has 1 aliphatic rings. The molecule has 1 aliphatic carbocycles. The van der Waals surface area contributed by atoms with Crippen LogP contribution in [0.15, 0.2) is 0 Å². The van der Waals surface area contributed by atoms with Gasteiger partial charge in [0, 0.05) is 12.5 Å². The highest BCUT2D eigenvalue weighted by Gasteiger charge is 2.33. The molecule has 0 amide bonds. The summed E-state index contributed by atoms with van der Waals surface area (Å²) >= 11 is 1.79. The van der Waals surface area contributed by atoms with Gasteiger partial charge in [0.2, 0.25) is 0 Å². The Hall–Kier alpha value is -1.04. The Bertz CT molecular complexity index is 387. The second-order valence-electron chi connectivity index (χ2n) is 3.97. The third-order valence-corrected chi connectivity index (χ3v) is 3.36. The summed E-state index contributed by atoms with van der Waals surface area (Å²) in [5.41, 5.74) is 0.972. The normalized spacial score (nSPS) is 15.3. The van der Waals surface area contributed by atoms with Gasteiger partial charge in [-0.05, 0) is 31.3 Å².